The Morgan fingerprint density at radius 1 is 1.19 bits per heavy atom. The van der Waals surface area contributed by atoms with Gasteiger partial charge < -0.3 is 10.1 Å². The predicted octanol–water partition coefficient (Wildman–Crippen LogP) is 2.74. The zero-order valence-corrected chi connectivity index (χ0v) is 8.97. The third-order valence-electron chi connectivity index (χ3n) is 2.05. The first kappa shape index (κ1) is 12.8. The van der Waals surface area contributed by atoms with E-state index in [0.717, 1.165) is 24.9 Å². The molecule has 0 aliphatic carbocycles. The number of hydrogen-bond acceptors (Lipinski definition) is 2. The van der Waals surface area contributed by atoms with E-state index in [2.05, 4.69) is 10.1 Å². The van der Waals surface area contributed by atoms with Gasteiger partial charge in [-0.3, -0.25) is 0 Å². The summed E-state index contributed by atoms with van der Waals surface area (Å²) in [6.07, 6.45) is -2.82. The second-order valence-corrected chi connectivity index (χ2v) is 3.40. The van der Waals surface area contributed by atoms with Crippen LogP contribution in [0.4, 0.5) is 13.2 Å². The molecule has 0 bridgehead atoms. The molecule has 1 rings (SSSR count). The first-order valence-corrected chi connectivity index (χ1v) is 5.00. The molecule has 0 heterocycles. The number of halogens is 3. The second-order valence-electron chi connectivity index (χ2n) is 3.40. The largest absolute Gasteiger partial charge is 0.573 e. The Bertz CT molecular complexity index is 308. The van der Waals surface area contributed by atoms with Crippen molar-refractivity contribution in [2.24, 2.45) is 0 Å². The summed E-state index contributed by atoms with van der Waals surface area (Å²) in [7, 11) is 1.86. The fourth-order valence-electron chi connectivity index (χ4n) is 1.33. The molecule has 0 aliphatic rings. The second kappa shape index (κ2) is 5.75. The average Bonchev–Trinajstić information content (AvgIpc) is 2.19. The number of benzene rings is 1. The normalized spacial score (nSPS) is 11.5. The molecule has 0 saturated heterocycles. The van der Waals surface area contributed by atoms with E-state index in [-0.39, 0.29) is 5.75 Å². The summed E-state index contributed by atoms with van der Waals surface area (Å²) < 4.78 is 39.3. The van der Waals surface area contributed by atoms with Crippen LogP contribution in [0.5, 0.6) is 5.75 Å². The van der Waals surface area contributed by atoms with Gasteiger partial charge in [0, 0.05) is 0 Å². The van der Waals surface area contributed by atoms with Crippen LogP contribution < -0.4 is 10.1 Å². The topological polar surface area (TPSA) is 21.3 Å². The van der Waals surface area contributed by atoms with Gasteiger partial charge in [-0.15, -0.1) is 13.2 Å². The number of rotatable bonds is 5. The van der Waals surface area contributed by atoms with Crippen LogP contribution in [0.2, 0.25) is 0 Å². The number of nitrogens with one attached hydrogen (secondary N) is 1. The SMILES string of the molecule is CNCCCc1ccc(OC(F)(F)F)cc1. The van der Waals surface area contributed by atoms with E-state index in [1.807, 2.05) is 7.05 Å². The van der Waals surface area contributed by atoms with E-state index in [4.69, 9.17) is 0 Å². The molecule has 0 atom stereocenters. The van der Waals surface area contributed by atoms with Crippen molar-refractivity contribution in [3.8, 4) is 5.75 Å². The van der Waals surface area contributed by atoms with Gasteiger partial charge in [0.1, 0.15) is 5.75 Å². The molecule has 1 aromatic rings. The van der Waals surface area contributed by atoms with Gasteiger partial charge in [-0.25, -0.2) is 0 Å². The summed E-state index contributed by atoms with van der Waals surface area (Å²) in [5.41, 5.74) is 1.00. The molecule has 1 N–H and O–H groups in total. The van der Waals surface area contributed by atoms with Gasteiger partial charge in [0.15, 0.2) is 0 Å². The lowest BCUT2D eigenvalue weighted by Crippen LogP contribution is -2.17. The average molecular weight is 233 g/mol. The van der Waals surface area contributed by atoms with Crippen LogP contribution >= 0.6 is 0 Å². The minimum atomic E-state index is -4.62. The molecular weight excluding hydrogens is 219 g/mol. The van der Waals surface area contributed by atoms with Gasteiger partial charge in [-0.2, -0.15) is 0 Å². The molecule has 90 valence electrons. The van der Waals surface area contributed by atoms with E-state index in [1.165, 1.54) is 12.1 Å². The molecule has 0 spiro atoms. The Hall–Kier alpha value is -1.23. The molecular formula is C11H14F3NO. The molecule has 0 saturated carbocycles. The maximum absolute atomic E-state index is 11.9. The molecule has 2 nitrogen and oxygen atoms in total. The summed E-state index contributed by atoms with van der Waals surface area (Å²) in [5, 5.41) is 3.01. The summed E-state index contributed by atoms with van der Waals surface area (Å²) in [4.78, 5) is 0. The summed E-state index contributed by atoms with van der Waals surface area (Å²) in [6, 6.07) is 5.97. The van der Waals surface area contributed by atoms with Crippen molar-refractivity contribution >= 4 is 0 Å². The molecule has 0 amide bonds. The zero-order valence-electron chi connectivity index (χ0n) is 8.97. The van der Waals surface area contributed by atoms with Crippen molar-refractivity contribution in [2.45, 2.75) is 19.2 Å². The molecule has 5 heteroatoms. The number of ether oxygens (including phenoxy) is 1. The first-order chi connectivity index (χ1) is 7.51. The molecule has 0 aliphatic heterocycles. The maximum Gasteiger partial charge on any atom is 0.573 e. The Morgan fingerprint density at radius 3 is 2.31 bits per heavy atom. The van der Waals surface area contributed by atoms with Crippen molar-refractivity contribution in [3.63, 3.8) is 0 Å². The maximum atomic E-state index is 11.9. The van der Waals surface area contributed by atoms with Gasteiger partial charge in [0.2, 0.25) is 0 Å². The van der Waals surface area contributed by atoms with E-state index >= 15 is 0 Å². The lowest BCUT2D eigenvalue weighted by atomic mass is 10.1. The van der Waals surface area contributed by atoms with Crippen LogP contribution in [0.1, 0.15) is 12.0 Å². The minimum Gasteiger partial charge on any atom is -0.406 e. The summed E-state index contributed by atoms with van der Waals surface area (Å²) >= 11 is 0. The van der Waals surface area contributed by atoms with Gasteiger partial charge in [-0.05, 0) is 44.1 Å². The van der Waals surface area contributed by atoms with Crippen molar-refractivity contribution in [1.82, 2.24) is 5.32 Å². The Morgan fingerprint density at radius 2 is 1.81 bits per heavy atom. The summed E-state index contributed by atoms with van der Waals surface area (Å²) in [6.45, 7) is 0.890. The third-order valence-corrected chi connectivity index (χ3v) is 2.05. The Balaban J connectivity index is 2.48. The van der Waals surface area contributed by atoms with Gasteiger partial charge in [-0.1, -0.05) is 12.1 Å². The smallest absolute Gasteiger partial charge is 0.406 e. The lowest BCUT2D eigenvalue weighted by Gasteiger charge is -2.09. The van der Waals surface area contributed by atoms with Crippen LogP contribution in [0.15, 0.2) is 24.3 Å². The van der Waals surface area contributed by atoms with Crippen molar-refractivity contribution < 1.29 is 17.9 Å². The Kier molecular flexibility index (Phi) is 4.61. The predicted molar refractivity (Wildman–Crippen MR) is 55.4 cm³/mol. The first-order valence-electron chi connectivity index (χ1n) is 5.00. The van der Waals surface area contributed by atoms with E-state index < -0.39 is 6.36 Å². The molecule has 0 aromatic heterocycles. The highest BCUT2D eigenvalue weighted by atomic mass is 19.4. The van der Waals surface area contributed by atoms with E-state index in [1.54, 1.807) is 12.1 Å². The fourth-order valence-corrected chi connectivity index (χ4v) is 1.33. The number of aryl methyl sites for hydroxylation is 1. The third kappa shape index (κ3) is 5.02. The van der Waals surface area contributed by atoms with Crippen LogP contribution in [-0.4, -0.2) is 20.0 Å². The molecule has 0 unspecified atom stereocenters. The fraction of sp³-hybridized carbons (Fsp3) is 0.455. The number of alkyl halides is 3. The van der Waals surface area contributed by atoms with Gasteiger partial charge in [0.05, 0.1) is 0 Å². The van der Waals surface area contributed by atoms with Crippen molar-refractivity contribution in [2.75, 3.05) is 13.6 Å². The monoisotopic (exact) mass is 233 g/mol. The molecule has 1 aromatic carbocycles. The van der Waals surface area contributed by atoms with Crippen LogP contribution in [0, 0.1) is 0 Å². The van der Waals surface area contributed by atoms with Gasteiger partial charge >= 0.3 is 6.36 Å². The quantitative estimate of drug-likeness (QED) is 0.789. The standard InChI is InChI=1S/C11H14F3NO/c1-15-8-2-3-9-4-6-10(7-5-9)16-11(12,13)14/h4-7,15H,2-3,8H2,1H3. The van der Waals surface area contributed by atoms with Crippen LogP contribution in [-0.2, 0) is 6.42 Å². The van der Waals surface area contributed by atoms with E-state index in [0.29, 0.717) is 0 Å². The van der Waals surface area contributed by atoms with Crippen molar-refractivity contribution in [3.05, 3.63) is 29.8 Å². The molecule has 16 heavy (non-hydrogen) atoms. The Labute approximate surface area is 92.4 Å². The molecule has 0 radical (unpaired) electrons. The van der Waals surface area contributed by atoms with Crippen LogP contribution in [0.3, 0.4) is 0 Å². The summed E-state index contributed by atoms with van der Waals surface area (Å²) in [5.74, 6) is -0.176. The zero-order chi connectivity index (χ0) is 12.0. The highest BCUT2D eigenvalue weighted by Gasteiger charge is 2.30. The van der Waals surface area contributed by atoms with Crippen LogP contribution in [0.25, 0.3) is 0 Å². The number of hydrogen-bond donors (Lipinski definition) is 1. The van der Waals surface area contributed by atoms with E-state index in [9.17, 15) is 13.2 Å². The molecule has 0 fully saturated rings. The van der Waals surface area contributed by atoms with Gasteiger partial charge in [0.25, 0.3) is 0 Å². The minimum absolute atomic E-state index is 0.176. The van der Waals surface area contributed by atoms with Crippen molar-refractivity contribution in [1.29, 1.82) is 0 Å². The lowest BCUT2D eigenvalue weighted by molar-refractivity contribution is -0.274. The highest BCUT2D eigenvalue weighted by Crippen LogP contribution is 2.22. The highest BCUT2D eigenvalue weighted by molar-refractivity contribution is 5.27.